The fourth-order valence-corrected chi connectivity index (χ4v) is 6.70. The van der Waals surface area contributed by atoms with E-state index in [0.717, 1.165) is 0 Å². The van der Waals surface area contributed by atoms with Crippen molar-refractivity contribution in [2.24, 2.45) is 0 Å². The average Bonchev–Trinajstić information content (AvgIpc) is 2.72. The molecule has 4 rings (SSSR count). The number of piperazine rings is 1. The number of hydrogen-bond acceptors (Lipinski definition) is 5. The monoisotopic (exact) mass is 534 g/mol. The molecule has 160 valence electrons. The van der Waals surface area contributed by atoms with Crippen LogP contribution in [-0.2, 0) is 14.8 Å². The Bertz CT molecular complexity index is 1070. The van der Waals surface area contributed by atoms with Crippen LogP contribution in [0.25, 0.3) is 0 Å². The van der Waals surface area contributed by atoms with E-state index in [0.29, 0.717) is 16.0 Å². The molecule has 7 nitrogen and oxygen atoms in total. The molecule has 0 N–H and O–H groups in total. The van der Waals surface area contributed by atoms with Gasteiger partial charge in [0, 0.05) is 30.7 Å². The van der Waals surface area contributed by atoms with Gasteiger partial charge in [-0.1, -0.05) is 51.3 Å². The van der Waals surface area contributed by atoms with E-state index in [1.54, 1.807) is 23.1 Å². The molecule has 0 radical (unpaired) electrons. The highest BCUT2D eigenvalue weighted by Crippen LogP contribution is 2.35. The van der Waals surface area contributed by atoms with Gasteiger partial charge in [0.15, 0.2) is 11.5 Å². The normalized spacial score (nSPS) is 19.6. The fourth-order valence-electron chi connectivity index (χ4n) is 3.40. The summed E-state index contributed by atoms with van der Waals surface area (Å²) in [5.41, 5.74) is 0. The maximum absolute atomic E-state index is 13.0. The summed E-state index contributed by atoms with van der Waals surface area (Å²) in [6, 6.07) is 10.1. The second kappa shape index (κ2) is 8.55. The minimum atomic E-state index is -3.90. The van der Waals surface area contributed by atoms with Gasteiger partial charge in [-0.25, -0.2) is 8.42 Å². The molecule has 1 atom stereocenters. The average molecular weight is 536 g/mol. The number of hydrogen-bond donors (Lipinski definition) is 0. The second-order valence-corrected chi connectivity index (χ2v) is 10.4. The molecule has 0 bridgehead atoms. The zero-order valence-electron chi connectivity index (χ0n) is 15.6. The fraction of sp³-hybridized carbons (Fsp3) is 0.316. The zero-order valence-corrected chi connectivity index (χ0v) is 19.5. The number of para-hydroxylation sites is 2. The third-order valence-corrected chi connectivity index (χ3v) is 8.17. The molecule has 1 fully saturated rings. The summed E-state index contributed by atoms with van der Waals surface area (Å²) < 4.78 is 39.3. The lowest BCUT2D eigenvalue weighted by Crippen LogP contribution is -2.55. The summed E-state index contributed by atoms with van der Waals surface area (Å²) in [4.78, 5) is 14.3. The van der Waals surface area contributed by atoms with Crippen molar-refractivity contribution in [1.82, 2.24) is 9.21 Å². The minimum absolute atomic E-state index is 0.0410. The number of ether oxygens (including phenoxy) is 2. The van der Waals surface area contributed by atoms with Crippen molar-refractivity contribution in [3.05, 3.63) is 50.9 Å². The molecule has 0 spiro atoms. The molecule has 2 aliphatic heterocycles. The first-order chi connectivity index (χ1) is 14.3. The molecule has 11 heteroatoms. The van der Waals surface area contributed by atoms with Gasteiger partial charge < -0.3 is 14.4 Å². The number of fused-ring (bicyclic) bond motifs is 1. The molecule has 0 aromatic heterocycles. The SMILES string of the molecule is O=C([C@@H]1COc2ccccc2O1)N1CCN(S(=O)(=O)c2c(Cl)cc(Br)cc2Cl)CC1. The molecule has 2 heterocycles. The van der Waals surface area contributed by atoms with Crippen LogP contribution in [0.15, 0.2) is 45.8 Å². The van der Waals surface area contributed by atoms with Crippen molar-refractivity contribution in [2.45, 2.75) is 11.0 Å². The molecule has 2 aromatic carbocycles. The lowest BCUT2D eigenvalue weighted by atomic mass is 10.2. The van der Waals surface area contributed by atoms with Crippen LogP contribution in [0.2, 0.25) is 10.0 Å². The van der Waals surface area contributed by atoms with Gasteiger partial charge in [-0.2, -0.15) is 4.31 Å². The highest BCUT2D eigenvalue weighted by molar-refractivity contribution is 9.10. The highest BCUT2D eigenvalue weighted by Gasteiger charge is 2.36. The predicted molar refractivity (Wildman–Crippen MR) is 116 cm³/mol. The Morgan fingerprint density at radius 1 is 1.03 bits per heavy atom. The standard InChI is InChI=1S/C19H17BrCl2N2O5S/c20-12-9-13(21)18(14(22)10-12)30(26,27)24-7-5-23(6-8-24)19(25)17-11-28-15-3-1-2-4-16(15)29-17/h1-4,9-10,17H,5-8,11H2/t17-/m0/s1. The minimum Gasteiger partial charge on any atom is -0.485 e. The summed E-state index contributed by atoms with van der Waals surface area (Å²) in [5.74, 6) is 0.879. The molecule has 0 aliphatic carbocycles. The van der Waals surface area contributed by atoms with E-state index >= 15 is 0 Å². The van der Waals surface area contributed by atoms with Gasteiger partial charge in [0.1, 0.15) is 11.5 Å². The van der Waals surface area contributed by atoms with Gasteiger partial charge >= 0.3 is 0 Å². The lowest BCUT2D eigenvalue weighted by Gasteiger charge is -2.36. The van der Waals surface area contributed by atoms with Crippen LogP contribution in [0.5, 0.6) is 11.5 Å². The topological polar surface area (TPSA) is 76.2 Å². The van der Waals surface area contributed by atoms with Gasteiger partial charge in [-0.05, 0) is 24.3 Å². The van der Waals surface area contributed by atoms with E-state index in [1.165, 1.54) is 16.4 Å². The van der Waals surface area contributed by atoms with E-state index in [-0.39, 0.29) is 53.6 Å². The van der Waals surface area contributed by atoms with Crippen LogP contribution < -0.4 is 9.47 Å². The lowest BCUT2D eigenvalue weighted by molar-refractivity contribution is -0.142. The molecular formula is C19H17BrCl2N2O5S. The van der Waals surface area contributed by atoms with Crippen LogP contribution in [0.1, 0.15) is 0 Å². The third kappa shape index (κ3) is 4.13. The first-order valence-corrected chi connectivity index (χ1v) is 12.1. The van der Waals surface area contributed by atoms with Crippen LogP contribution in [0.3, 0.4) is 0 Å². The zero-order chi connectivity index (χ0) is 21.5. The van der Waals surface area contributed by atoms with Crippen LogP contribution in [-0.4, -0.2) is 62.4 Å². The molecule has 30 heavy (non-hydrogen) atoms. The van der Waals surface area contributed by atoms with Crippen LogP contribution in [0, 0.1) is 0 Å². The van der Waals surface area contributed by atoms with E-state index in [4.69, 9.17) is 32.7 Å². The first-order valence-electron chi connectivity index (χ1n) is 9.09. The molecule has 0 saturated carbocycles. The number of rotatable bonds is 3. The highest BCUT2D eigenvalue weighted by atomic mass is 79.9. The van der Waals surface area contributed by atoms with E-state index in [2.05, 4.69) is 15.9 Å². The van der Waals surface area contributed by atoms with Gasteiger partial charge in [0.05, 0.1) is 10.0 Å². The smallest absolute Gasteiger partial charge is 0.267 e. The van der Waals surface area contributed by atoms with Crippen molar-refractivity contribution in [2.75, 3.05) is 32.8 Å². The Labute approximate surface area is 192 Å². The van der Waals surface area contributed by atoms with Gasteiger partial charge in [-0.15, -0.1) is 0 Å². The number of halogens is 3. The number of nitrogens with zero attached hydrogens (tertiary/aromatic N) is 2. The summed E-state index contributed by atoms with van der Waals surface area (Å²) in [6.07, 6.45) is -0.765. The molecule has 1 amide bonds. The number of carbonyl (C=O) groups is 1. The molecular weight excluding hydrogens is 519 g/mol. The second-order valence-electron chi connectivity index (χ2n) is 6.79. The Kier molecular flexibility index (Phi) is 6.18. The third-order valence-electron chi connectivity index (χ3n) is 4.90. The van der Waals surface area contributed by atoms with Crippen molar-refractivity contribution in [3.63, 3.8) is 0 Å². The van der Waals surface area contributed by atoms with Crippen LogP contribution in [0.4, 0.5) is 0 Å². The van der Waals surface area contributed by atoms with Crippen molar-refractivity contribution in [1.29, 1.82) is 0 Å². The van der Waals surface area contributed by atoms with Crippen molar-refractivity contribution >= 4 is 55.1 Å². The molecule has 1 saturated heterocycles. The molecule has 2 aromatic rings. The Morgan fingerprint density at radius 3 is 2.27 bits per heavy atom. The van der Waals surface area contributed by atoms with Gasteiger partial charge in [0.2, 0.25) is 16.1 Å². The maximum atomic E-state index is 13.0. The summed E-state index contributed by atoms with van der Waals surface area (Å²) in [6.45, 7) is 0.817. The van der Waals surface area contributed by atoms with Crippen molar-refractivity contribution in [3.8, 4) is 11.5 Å². The van der Waals surface area contributed by atoms with Crippen molar-refractivity contribution < 1.29 is 22.7 Å². The van der Waals surface area contributed by atoms with Crippen LogP contribution >= 0.6 is 39.1 Å². The number of benzene rings is 2. The van der Waals surface area contributed by atoms with Gasteiger partial charge in [0.25, 0.3) is 5.91 Å². The van der Waals surface area contributed by atoms with Gasteiger partial charge in [-0.3, -0.25) is 4.79 Å². The van der Waals surface area contributed by atoms with E-state index in [9.17, 15) is 13.2 Å². The maximum Gasteiger partial charge on any atom is 0.267 e. The first kappa shape index (κ1) is 21.7. The number of carbonyl (C=O) groups excluding carboxylic acids is 1. The number of amides is 1. The van der Waals surface area contributed by atoms with E-state index < -0.39 is 16.1 Å². The molecule has 0 unspecified atom stereocenters. The largest absolute Gasteiger partial charge is 0.485 e. The summed E-state index contributed by atoms with van der Waals surface area (Å²) >= 11 is 15.5. The quantitative estimate of drug-likeness (QED) is 0.602. The Hall–Kier alpha value is -1.52. The predicted octanol–water partition coefficient (Wildman–Crippen LogP) is 3.43. The molecule has 2 aliphatic rings. The Balaban J connectivity index is 1.43. The number of sulfonamides is 1. The summed E-state index contributed by atoms with van der Waals surface area (Å²) in [7, 11) is -3.90. The summed E-state index contributed by atoms with van der Waals surface area (Å²) in [5, 5.41) is 0.0820. The Morgan fingerprint density at radius 2 is 1.63 bits per heavy atom. The van der Waals surface area contributed by atoms with E-state index in [1.807, 2.05) is 6.07 Å².